The Morgan fingerprint density at radius 1 is 1.03 bits per heavy atom. The van der Waals surface area contributed by atoms with Crippen LogP contribution in [-0.4, -0.2) is 24.7 Å². The van der Waals surface area contributed by atoms with Gasteiger partial charge < -0.3 is 9.64 Å². The van der Waals surface area contributed by atoms with Crippen molar-refractivity contribution in [1.29, 1.82) is 0 Å². The van der Waals surface area contributed by atoms with Gasteiger partial charge in [-0.25, -0.2) is 4.99 Å². The average molecular weight is 508 g/mol. The van der Waals surface area contributed by atoms with Crippen molar-refractivity contribution in [1.82, 2.24) is 0 Å². The number of rotatable bonds is 4. The molecule has 34 heavy (non-hydrogen) atoms. The Hall–Kier alpha value is -2.87. The summed E-state index contributed by atoms with van der Waals surface area (Å²) < 4.78 is 5.26. The second-order valence-electron chi connectivity index (χ2n) is 7.77. The van der Waals surface area contributed by atoms with Gasteiger partial charge in [0, 0.05) is 16.5 Å². The predicted molar refractivity (Wildman–Crippen MR) is 144 cm³/mol. The van der Waals surface area contributed by atoms with Gasteiger partial charge in [-0.2, -0.15) is 0 Å². The van der Waals surface area contributed by atoms with Crippen LogP contribution in [0.15, 0.2) is 86.6 Å². The molecule has 1 fully saturated rings. The summed E-state index contributed by atoms with van der Waals surface area (Å²) in [6.07, 6.45) is 0. The first-order chi connectivity index (χ1) is 16.5. The van der Waals surface area contributed by atoms with E-state index in [2.05, 4.69) is 11.8 Å². The van der Waals surface area contributed by atoms with Crippen molar-refractivity contribution in [3.05, 3.63) is 87.3 Å². The van der Waals surface area contributed by atoms with E-state index in [1.165, 1.54) is 11.8 Å². The van der Waals surface area contributed by atoms with Crippen LogP contribution in [0.2, 0.25) is 5.02 Å². The van der Waals surface area contributed by atoms with Crippen molar-refractivity contribution < 1.29 is 9.53 Å². The van der Waals surface area contributed by atoms with Crippen LogP contribution in [0.25, 0.3) is 0 Å². The molecule has 5 nitrogen and oxygen atoms in total. The van der Waals surface area contributed by atoms with E-state index >= 15 is 0 Å². The Balaban J connectivity index is 1.62. The van der Waals surface area contributed by atoms with E-state index in [4.69, 9.17) is 21.3 Å². The van der Waals surface area contributed by atoms with E-state index in [-0.39, 0.29) is 5.91 Å². The molecule has 8 heteroatoms. The number of carbonyl (C=O) groups is 1. The number of aryl methyl sites for hydroxylation is 1. The standard InChI is InChI=1S/C26H22ClN3O2S2/c1-4-29-21-15-17(27)8-13-22(21)33-25(29)23-24(31)30(19-7-5-6-16(2)14-19)26(34-23)28-18-9-11-20(32-3)12-10-18/h5-15H,4H2,1-3H3. The van der Waals surface area contributed by atoms with Crippen molar-refractivity contribution in [3.8, 4) is 5.75 Å². The molecule has 0 aliphatic carbocycles. The summed E-state index contributed by atoms with van der Waals surface area (Å²) in [4.78, 5) is 24.3. The van der Waals surface area contributed by atoms with Crippen LogP contribution >= 0.6 is 35.1 Å². The van der Waals surface area contributed by atoms with Gasteiger partial charge in [-0.05, 0) is 85.8 Å². The molecule has 2 aliphatic heterocycles. The Kier molecular flexibility index (Phi) is 6.34. The highest BCUT2D eigenvalue weighted by molar-refractivity contribution is 8.20. The number of hydrogen-bond donors (Lipinski definition) is 0. The fourth-order valence-electron chi connectivity index (χ4n) is 3.88. The largest absolute Gasteiger partial charge is 0.497 e. The maximum Gasteiger partial charge on any atom is 0.274 e. The maximum atomic E-state index is 13.9. The van der Waals surface area contributed by atoms with E-state index in [1.807, 2.05) is 73.7 Å². The summed E-state index contributed by atoms with van der Waals surface area (Å²) in [5.74, 6) is 0.678. The predicted octanol–water partition coefficient (Wildman–Crippen LogP) is 7.23. The molecule has 0 aromatic heterocycles. The highest BCUT2D eigenvalue weighted by Crippen LogP contribution is 2.51. The fraction of sp³-hybridized carbons (Fsp3) is 0.154. The highest BCUT2D eigenvalue weighted by Gasteiger charge is 2.40. The molecule has 172 valence electrons. The van der Waals surface area contributed by atoms with Crippen LogP contribution in [0.3, 0.4) is 0 Å². The molecule has 0 saturated carbocycles. The van der Waals surface area contributed by atoms with Gasteiger partial charge in [0.15, 0.2) is 5.17 Å². The average Bonchev–Trinajstić information content (AvgIpc) is 3.35. The number of fused-ring (bicyclic) bond motifs is 1. The Bertz CT molecular complexity index is 1340. The molecule has 0 unspecified atom stereocenters. The number of anilines is 2. The third-order valence-corrected chi connectivity index (χ3v) is 8.09. The van der Waals surface area contributed by atoms with Gasteiger partial charge in [-0.15, -0.1) is 0 Å². The van der Waals surface area contributed by atoms with E-state index in [9.17, 15) is 4.79 Å². The van der Waals surface area contributed by atoms with Gasteiger partial charge in [-0.1, -0.05) is 35.5 Å². The number of halogens is 1. The number of ether oxygens (including phenoxy) is 1. The third-order valence-electron chi connectivity index (χ3n) is 5.51. The molecule has 3 aromatic rings. The van der Waals surface area contributed by atoms with Crippen molar-refractivity contribution in [2.24, 2.45) is 4.99 Å². The van der Waals surface area contributed by atoms with Gasteiger partial charge in [-0.3, -0.25) is 9.69 Å². The third kappa shape index (κ3) is 4.19. The Morgan fingerprint density at radius 2 is 1.82 bits per heavy atom. The van der Waals surface area contributed by atoms with Gasteiger partial charge in [0.2, 0.25) is 0 Å². The minimum Gasteiger partial charge on any atom is -0.497 e. The molecule has 3 aromatic carbocycles. The molecule has 1 saturated heterocycles. The normalized spacial score (nSPS) is 18.7. The SMILES string of the molecule is CCN1C(=C2SC(=Nc3ccc(OC)cc3)N(c3cccc(C)c3)C2=O)Sc2ccc(Cl)cc21. The number of carbonyl (C=O) groups excluding carboxylic acids is 1. The van der Waals surface area contributed by atoms with Gasteiger partial charge in [0.1, 0.15) is 15.7 Å². The minimum atomic E-state index is -0.0808. The zero-order chi connectivity index (χ0) is 23.8. The van der Waals surface area contributed by atoms with Crippen molar-refractivity contribution in [2.75, 3.05) is 23.5 Å². The molecular weight excluding hydrogens is 486 g/mol. The topological polar surface area (TPSA) is 45.1 Å². The maximum absolute atomic E-state index is 13.9. The molecule has 0 radical (unpaired) electrons. The zero-order valence-corrected chi connectivity index (χ0v) is 21.3. The molecule has 2 heterocycles. The number of hydrogen-bond acceptors (Lipinski definition) is 6. The fourth-order valence-corrected chi connectivity index (χ4v) is 6.42. The first-order valence-electron chi connectivity index (χ1n) is 10.8. The summed E-state index contributed by atoms with van der Waals surface area (Å²) >= 11 is 9.28. The molecular formula is C26H22ClN3O2S2. The van der Waals surface area contributed by atoms with E-state index in [0.29, 0.717) is 15.1 Å². The number of nitrogens with zero attached hydrogens (tertiary/aromatic N) is 3. The number of methoxy groups -OCH3 is 1. The van der Waals surface area contributed by atoms with Crippen LogP contribution < -0.4 is 14.5 Å². The van der Waals surface area contributed by atoms with Gasteiger partial charge in [0.25, 0.3) is 5.91 Å². The zero-order valence-electron chi connectivity index (χ0n) is 18.9. The van der Waals surface area contributed by atoms with Crippen molar-refractivity contribution in [2.45, 2.75) is 18.7 Å². The van der Waals surface area contributed by atoms with Gasteiger partial charge >= 0.3 is 0 Å². The summed E-state index contributed by atoms with van der Waals surface area (Å²) in [6.45, 7) is 4.82. The number of benzene rings is 3. The molecule has 1 amide bonds. The number of aliphatic imine (C=N–C) groups is 1. The number of amides is 1. The molecule has 0 bridgehead atoms. The van der Waals surface area contributed by atoms with Crippen LogP contribution in [0.4, 0.5) is 17.1 Å². The summed E-state index contributed by atoms with van der Waals surface area (Å²) in [5, 5.41) is 2.21. The first-order valence-corrected chi connectivity index (χ1v) is 12.8. The van der Waals surface area contributed by atoms with Crippen molar-refractivity contribution in [3.63, 3.8) is 0 Å². The second-order valence-corrected chi connectivity index (χ2v) is 10.2. The second kappa shape index (κ2) is 9.41. The lowest BCUT2D eigenvalue weighted by Gasteiger charge is -2.19. The first kappa shape index (κ1) is 22.9. The van der Waals surface area contributed by atoms with Crippen LogP contribution in [0.1, 0.15) is 12.5 Å². The molecule has 2 aliphatic rings. The van der Waals surface area contributed by atoms with Crippen LogP contribution in [-0.2, 0) is 4.79 Å². The number of amidine groups is 1. The number of thioether (sulfide) groups is 2. The van der Waals surface area contributed by atoms with Crippen LogP contribution in [0.5, 0.6) is 5.75 Å². The quantitative estimate of drug-likeness (QED) is 0.349. The molecule has 0 N–H and O–H groups in total. The van der Waals surface area contributed by atoms with E-state index < -0.39 is 0 Å². The molecule has 5 rings (SSSR count). The van der Waals surface area contributed by atoms with Crippen LogP contribution in [0, 0.1) is 6.92 Å². The Labute approximate surface area is 212 Å². The summed E-state index contributed by atoms with van der Waals surface area (Å²) in [7, 11) is 1.63. The lowest BCUT2D eigenvalue weighted by Crippen LogP contribution is -2.29. The monoisotopic (exact) mass is 507 g/mol. The molecule has 0 atom stereocenters. The smallest absolute Gasteiger partial charge is 0.274 e. The lowest BCUT2D eigenvalue weighted by atomic mass is 10.2. The summed E-state index contributed by atoms with van der Waals surface area (Å²) in [5.41, 5.74) is 3.65. The summed E-state index contributed by atoms with van der Waals surface area (Å²) in [6, 6.07) is 21.3. The molecule has 0 spiro atoms. The van der Waals surface area contributed by atoms with Gasteiger partial charge in [0.05, 0.1) is 24.2 Å². The minimum absolute atomic E-state index is 0.0808. The Morgan fingerprint density at radius 3 is 2.53 bits per heavy atom. The lowest BCUT2D eigenvalue weighted by molar-refractivity contribution is -0.113. The van der Waals surface area contributed by atoms with E-state index in [1.54, 1.807) is 23.8 Å². The van der Waals surface area contributed by atoms with E-state index in [0.717, 1.165) is 44.8 Å². The van der Waals surface area contributed by atoms with Crippen molar-refractivity contribution >= 4 is 63.3 Å². The highest BCUT2D eigenvalue weighted by atomic mass is 35.5.